The molecule has 0 radical (unpaired) electrons. The molecule has 0 aliphatic rings. The summed E-state index contributed by atoms with van der Waals surface area (Å²) in [5.41, 5.74) is 0. The number of carbonyl (C=O) groups excluding carboxylic acids is 1. The van der Waals surface area contributed by atoms with E-state index in [-0.39, 0.29) is 0 Å². The molecule has 2 nitrogen and oxygen atoms in total. The van der Waals surface area contributed by atoms with E-state index in [0.29, 0.717) is 0 Å². The molecule has 0 saturated heterocycles. The molecule has 0 aromatic heterocycles. The van der Waals surface area contributed by atoms with Crippen molar-refractivity contribution in [2.24, 2.45) is 0 Å². The number of carbonyl (C=O) groups is 1. The molecule has 0 aliphatic heterocycles. The topological polar surface area (TPSA) is 29.1 Å². The molecule has 0 heterocycles. The Bertz CT molecular complexity index is 101. The predicted octanol–water partition coefficient (Wildman–Crippen LogP) is 1.24. The third-order valence-electron chi connectivity index (χ3n) is 0.473. The van der Waals surface area contributed by atoms with Gasteiger partial charge in [-0.15, -0.1) is 0 Å². The van der Waals surface area contributed by atoms with Crippen molar-refractivity contribution in [2.45, 2.75) is 13.8 Å². The van der Waals surface area contributed by atoms with Crippen LogP contribution in [0.15, 0.2) is 12.4 Å². The molecule has 0 aromatic carbocycles. The van der Waals surface area contributed by atoms with Crippen LogP contribution >= 0.6 is 0 Å². The smallest absolute Gasteiger partial charge is 0.279 e. The average Bonchev–Trinajstić information content (AvgIpc) is 1.91. The lowest BCUT2D eigenvalue weighted by Crippen LogP contribution is -2.16. The maximum absolute atomic E-state index is 11.5. The molecule has 54 valence electrons. The average molecular weight is 133 g/mol. The summed E-state index contributed by atoms with van der Waals surface area (Å²) in [7, 11) is 1.34. The standard InChI is InChI=1S/C4H6FNO.C2H6/c1-3(5)4(7)6-2;1-2/h1H2,2H3,(H,6,7);1-2H3. The fourth-order valence-corrected chi connectivity index (χ4v) is 0.136. The monoisotopic (exact) mass is 133 g/mol. The highest BCUT2D eigenvalue weighted by Crippen LogP contribution is 1.86. The van der Waals surface area contributed by atoms with Crippen LogP contribution in [0.3, 0.4) is 0 Å². The van der Waals surface area contributed by atoms with Crippen LogP contribution in [0.4, 0.5) is 4.39 Å². The van der Waals surface area contributed by atoms with Gasteiger partial charge >= 0.3 is 0 Å². The van der Waals surface area contributed by atoms with Crippen LogP contribution in [0.25, 0.3) is 0 Å². The van der Waals surface area contributed by atoms with E-state index in [1.807, 2.05) is 13.8 Å². The Morgan fingerprint density at radius 2 is 1.89 bits per heavy atom. The van der Waals surface area contributed by atoms with E-state index in [1.165, 1.54) is 7.05 Å². The van der Waals surface area contributed by atoms with Crippen LogP contribution < -0.4 is 5.32 Å². The van der Waals surface area contributed by atoms with E-state index in [4.69, 9.17) is 0 Å². The van der Waals surface area contributed by atoms with Crippen molar-refractivity contribution >= 4 is 5.91 Å². The summed E-state index contributed by atoms with van der Waals surface area (Å²) in [4.78, 5) is 9.93. The Morgan fingerprint density at radius 1 is 1.56 bits per heavy atom. The summed E-state index contributed by atoms with van der Waals surface area (Å²) in [6.45, 7) is 6.75. The van der Waals surface area contributed by atoms with Gasteiger partial charge in [-0.25, -0.2) is 4.39 Å². The normalized spacial score (nSPS) is 6.67. The predicted molar refractivity (Wildman–Crippen MR) is 35.7 cm³/mol. The maximum atomic E-state index is 11.5. The van der Waals surface area contributed by atoms with Gasteiger partial charge in [0.2, 0.25) is 0 Å². The highest BCUT2D eigenvalue weighted by molar-refractivity contribution is 5.90. The van der Waals surface area contributed by atoms with Crippen molar-refractivity contribution < 1.29 is 9.18 Å². The first-order valence-electron chi connectivity index (χ1n) is 2.75. The van der Waals surface area contributed by atoms with E-state index in [1.54, 1.807) is 0 Å². The first kappa shape index (κ1) is 11.0. The molecule has 0 saturated carbocycles. The fourth-order valence-electron chi connectivity index (χ4n) is 0.136. The zero-order valence-corrected chi connectivity index (χ0v) is 5.99. The van der Waals surface area contributed by atoms with E-state index in [0.717, 1.165) is 0 Å². The summed E-state index contributed by atoms with van der Waals surface area (Å²) in [5.74, 6) is -1.72. The van der Waals surface area contributed by atoms with Gasteiger partial charge in [-0.1, -0.05) is 20.4 Å². The first-order chi connectivity index (χ1) is 4.18. The number of halogens is 1. The van der Waals surface area contributed by atoms with Crippen LogP contribution in [0.5, 0.6) is 0 Å². The SMILES string of the molecule is C=C(F)C(=O)NC.CC. The molecular weight excluding hydrogens is 121 g/mol. The van der Waals surface area contributed by atoms with Crippen molar-refractivity contribution in [1.29, 1.82) is 0 Å². The Hall–Kier alpha value is -0.860. The molecule has 0 unspecified atom stereocenters. The van der Waals surface area contributed by atoms with E-state index in [9.17, 15) is 9.18 Å². The zero-order valence-electron chi connectivity index (χ0n) is 5.99. The lowest BCUT2D eigenvalue weighted by atomic mass is 10.6. The first-order valence-corrected chi connectivity index (χ1v) is 2.75. The van der Waals surface area contributed by atoms with Crippen LogP contribution in [0, 0.1) is 0 Å². The number of hydrogen-bond donors (Lipinski definition) is 1. The molecule has 0 aliphatic carbocycles. The minimum absolute atomic E-state index is 0.764. The van der Waals surface area contributed by atoms with E-state index >= 15 is 0 Å². The maximum Gasteiger partial charge on any atom is 0.279 e. The summed E-state index contributed by atoms with van der Waals surface area (Å²) in [5, 5.41) is 2.05. The lowest BCUT2D eigenvalue weighted by molar-refractivity contribution is -0.118. The second-order valence-corrected chi connectivity index (χ2v) is 0.984. The van der Waals surface area contributed by atoms with Crippen LogP contribution in [0.2, 0.25) is 0 Å². The molecule has 0 aromatic rings. The van der Waals surface area contributed by atoms with Crippen LogP contribution in [-0.4, -0.2) is 13.0 Å². The third kappa shape index (κ3) is 7.14. The number of hydrogen-bond acceptors (Lipinski definition) is 1. The fraction of sp³-hybridized carbons (Fsp3) is 0.500. The third-order valence-corrected chi connectivity index (χ3v) is 0.473. The number of likely N-dealkylation sites (N-methyl/N-ethyl adjacent to an activating group) is 1. The van der Waals surface area contributed by atoms with E-state index in [2.05, 4.69) is 11.9 Å². The minimum Gasteiger partial charge on any atom is -0.353 e. The summed E-state index contributed by atoms with van der Waals surface area (Å²) in [6, 6.07) is 0. The Labute approximate surface area is 54.8 Å². The second kappa shape index (κ2) is 7.14. The van der Waals surface area contributed by atoms with Crippen molar-refractivity contribution in [3.05, 3.63) is 12.4 Å². The Morgan fingerprint density at radius 3 is 1.89 bits per heavy atom. The minimum atomic E-state index is -0.956. The summed E-state index contributed by atoms with van der Waals surface area (Å²) in [6.07, 6.45) is 0. The van der Waals surface area contributed by atoms with Crippen molar-refractivity contribution in [2.75, 3.05) is 7.05 Å². The van der Waals surface area contributed by atoms with Gasteiger partial charge in [0, 0.05) is 7.05 Å². The molecule has 9 heavy (non-hydrogen) atoms. The van der Waals surface area contributed by atoms with Crippen molar-refractivity contribution in [3.8, 4) is 0 Å². The number of nitrogens with one attached hydrogen (secondary N) is 1. The summed E-state index contributed by atoms with van der Waals surface area (Å²) >= 11 is 0. The molecule has 0 fully saturated rings. The molecule has 0 rings (SSSR count). The molecule has 1 N–H and O–H groups in total. The zero-order chi connectivity index (χ0) is 7.86. The molecule has 3 heteroatoms. The highest BCUT2D eigenvalue weighted by Gasteiger charge is 1.98. The van der Waals surface area contributed by atoms with Gasteiger partial charge in [0.05, 0.1) is 0 Å². The van der Waals surface area contributed by atoms with Gasteiger partial charge in [0.1, 0.15) is 0 Å². The highest BCUT2D eigenvalue weighted by atomic mass is 19.1. The molecule has 0 bridgehead atoms. The molecule has 0 spiro atoms. The van der Waals surface area contributed by atoms with Gasteiger partial charge in [-0.05, 0) is 0 Å². The lowest BCUT2D eigenvalue weighted by Gasteiger charge is -1.88. The van der Waals surface area contributed by atoms with Gasteiger partial charge in [0.15, 0.2) is 5.83 Å². The molecule has 0 atom stereocenters. The second-order valence-electron chi connectivity index (χ2n) is 0.984. The number of amides is 1. The van der Waals surface area contributed by atoms with Crippen molar-refractivity contribution in [3.63, 3.8) is 0 Å². The van der Waals surface area contributed by atoms with Gasteiger partial charge in [0.25, 0.3) is 5.91 Å². The Kier molecular flexibility index (Phi) is 8.73. The number of rotatable bonds is 1. The van der Waals surface area contributed by atoms with Gasteiger partial charge in [-0.2, -0.15) is 0 Å². The Balaban J connectivity index is 0. The van der Waals surface area contributed by atoms with Crippen molar-refractivity contribution in [1.82, 2.24) is 5.32 Å². The largest absolute Gasteiger partial charge is 0.353 e. The van der Waals surface area contributed by atoms with Crippen LogP contribution in [-0.2, 0) is 4.79 Å². The molecule has 1 amide bonds. The van der Waals surface area contributed by atoms with Gasteiger partial charge < -0.3 is 5.32 Å². The van der Waals surface area contributed by atoms with E-state index < -0.39 is 11.7 Å². The summed E-state index contributed by atoms with van der Waals surface area (Å²) < 4.78 is 11.5. The van der Waals surface area contributed by atoms with Gasteiger partial charge in [-0.3, -0.25) is 4.79 Å². The quantitative estimate of drug-likeness (QED) is 0.536. The molecular formula is C6H12FNO. The van der Waals surface area contributed by atoms with Crippen LogP contribution in [0.1, 0.15) is 13.8 Å².